The first-order valence-corrected chi connectivity index (χ1v) is 6.06. The number of ether oxygens (including phenoxy) is 1. The average Bonchev–Trinajstić information content (AvgIpc) is 2.42. The van der Waals surface area contributed by atoms with Crippen LogP contribution in [-0.4, -0.2) is 12.2 Å². The van der Waals surface area contributed by atoms with Gasteiger partial charge in [-0.25, -0.2) is 0 Å². The van der Waals surface area contributed by atoms with Gasteiger partial charge in [0.2, 0.25) is 0 Å². The average molecular weight is 271 g/mol. The standard InChI is InChI=1S/C12H15BrO2/c1-15-11-7-6-9(13)12-8(11)4-2-3-5-10(12)14/h6-7,10,14H,2-5H2,1H3/t10-/m0/s1. The molecule has 0 heterocycles. The fraction of sp³-hybridized carbons (Fsp3) is 0.500. The van der Waals surface area contributed by atoms with E-state index in [0.29, 0.717) is 0 Å². The smallest absolute Gasteiger partial charge is 0.122 e. The van der Waals surface area contributed by atoms with Crippen LogP contribution < -0.4 is 4.74 Å². The molecule has 1 aromatic carbocycles. The number of aliphatic hydroxyl groups excluding tert-OH is 1. The monoisotopic (exact) mass is 270 g/mol. The molecule has 82 valence electrons. The number of fused-ring (bicyclic) bond motifs is 1. The fourth-order valence-electron chi connectivity index (χ4n) is 2.21. The molecule has 0 unspecified atom stereocenters. The lowest BCUT2D eigenvalue weighted by Gasteiger charge is -2.16. The molecule has 0 radical (unpaired) electrons. The molecule has 1 aromatic rings. The quantitative estimate of drug-likeness (QED) is 0.795. The Morgan fingerprint density at radius 3 is 2.93 bits per heavy atom. The Morgan fingerprint density at radius 1 is 1.40 bits per heavy atom. The fourth-order valence-corrected chi connectivity index (χ4v) is 2.85. The van der Waals surface area contributed by atoms with Crippen molar-refractivity contribution in [2.75, 3.05) is 7.11 Å². The summed E-state index contributed by atoms with van der Waals surface area (Å²) in [5.74, 6) is 0.897. The molecule has 1 atom stereocenters. The minimum Gasteiger partial charge on any atom is -0.496 e. The van der Waals surface area contributed by atoms with Gasteiger partial charge >= 0.3 is 0 Å². The lowest BCUT2D eigenvalue weighted by molar-refractivity contribution is 0.165. The molecule has 0 fully saturated rings. The molecule has 0 aromatic heterocycles. The summed E-state index contributed by atoms with van der Waals surface area (Å²) in [6.45, 7) is 0. The summed E-state index contributed by atoms with van der Waals surface area (Å²) in [7, 11) is 1.68. The predicted molar refractivity (Wildman–Crippen MR) is 63.2 cm³/mol. The van der Waals surface area contributed by atoms with Crippen molar-refractivity contribution in [1.82, 2.24) is 0 Å². The molecule has 15 heavy (non-hydrogen) atoms. The van der Waals surface area contributed by atoms with Crippen LogP contribution in [0.1, 0.15) is 36.5 Å². The van der Waals surface area contributed by atoms with Crippen molar-refractivity contribution in [3.63, 3.8) is 0 Å². The van der Waals surface area contributed by atoms with Crippen LogP contribution in [0, 0.1) is 0 Å². The van der Waals surface area contributed by atoms with E-state index < -0.39 is 0 Å². The lowest BCUT2D eigenvalue weighted by Crippen LogP contribution is -2.02. The number of halogens is 1. The van der Waals surface area contributed by atoms with Gasteiger partial charge in [0.15, 0.2) is 0 Å². The van der Waals surface area contributed by atoms with Gasteiger partial charge in [0, 0.05) is 15.6 Å². The van der Waals surface area contributed by atoms with E-state index in [2.05, 4.69) is 15.9 Å². The minimum atomic E-state index is -0.355. The summed E-state index contributed by atoms with van der Waals surface area (Å²) in [4.78, 5) is 0. The highest BCUT2D eigenvalue weighted by molar-refractivity contribution is 9.10. The Bertz CT molecular complexity index is 363. The maximum atomic E-state index is 10.1. The topological polar surface area (TPSA) is 29.5 Å². The van der Waals surface area contributed by atoms with Crippen molar-refractivity contribution < 1.29 is 9.84 Å². The summed E-state index contributed by atoms with van der Waals surface area (Å²) < 4.78 is 6.33. The van der Waals surface area contributed by atoms with Gasteiger partial charge in [0.1, 0.15) is 5.75 Å². The second kappa shape index (κ2) is 4.54. The van der Waals surface area contributed by atoms with Crippen LogP contribution >= 0.6 is 15.9 Å². The van der Waals surface area contributed by atoms with Crippen molar-refractivity contribution in [3.05, 3.63) is 27.7 Å². The molecule has 1 aliphatic rings. The molecule has 0 saturated heterocycles. The van der Waals surface area contributed by atoms with Crippen molar-refractivity contribution in [1.29, 1.82) is 0 Å². The van der Waals surface area contributed by atoms with Crippen molar-refractivity contribution in [2.24, 2.45) is 0 Å². The van der Waals surface area contributed by atoms with Crippen LogP contribution in [0.4, 0.5) is 0 Å². The lowest BCUT2D eigenvalue weighted by atomic mass is 10.00. The molecule has 2 nitrogen and oxygen atoms in total. The van der Waals surface area contributed by atoms with E-state index in [0.717, 1.165) is 47.0 Å². The highest BCUT2D eigenvalue weighted by atomic mass is 79.9. The van der Waals surface area contributed by atoms with Gasteiger partial charge < -0.3 is 9.84 Å². The van der Waals surface area contributed by atoms with E-state index in [4.69, 9.17) is 4.74 Å². The van der Waals surface area contributed by atoms with E-state index in [9.17, 15) is 5.11 Å². The number of rotatable bonds is 1. The van der Waals surface area contributed by atoms with Gasteiger partial charge in [0.05, 0.1) is 13.2 Å². The highest BCUT2D eigenvalue weighted by Gasteiger charge is 2.21. The zero-order chi connectivity index (χ0) is 10.8. The zero-order valence-corrected chi connectivity index (χ0v) is 10.4. The summed E-state index contributed by atoms with van der Waals surface area (Å²) >= 11 is 3.50. The summed E-state index contributed by atoms with van der Waals surface area (Å²) in [6.07, 6.45) is 3.68. The first-order valence-electron chi connectivity index (χ1n) is 5.27. The Morgan fingerprint density at radius 2 is 2.20 bits per heavy atom. The summed E-state index contributed by atoms with van der Waals surface area (Å²) in [5.41, 5.74) is 2.18. The van der Waals surface area contributed by atoms with Gasteiger partial charge in [-0.05, 0) is 31.4 Å². The Kier molecular flexibility index (Phi) is 3.32. The molecule has 1 N–H and O–H groups in total. The SMILES string of the molecule is COc1ccc(Br)c2c1CCCC[C@@H]2O. The van der Waals surface area contributed by atoms with Gasteiger partial charge in [0.25, 0.3) is 0 Å². The molecule has 3 heteroatoms. The maximum Gasteiger partial charge on any atom is 0.122 e. The minimum absolute atomic E-state index is 0.355. The van der Waals surface area contributed by atoms with E-state index in [-0.39, 0.29) is 6.10 Å². The number of aliphatic hydroxyl groups is 1. The molecule has 1 aliphatic carbocycles. The second-order valence-corrected chi connectivity index (χ2v) is 4.76. The van der Waals surface area contributed by atoms with Crippen LogP contribution in [-0.2, 0) is 6.42 Å². The van der Waals surface area contributed by atoms with Gasteiger partial charge in [-0.15, -0.1) is 0 Å². The van der Waals surface area contributed by atoms with Crippen LogP contribution in [0.2, 0.25) is 0 Å². The van der Waals surface area contributed by atoms with Crippen molar-refractivity contribution in [3.8, 4) is 5.75 Å². The third-order valence-corrected chi connectivity index (χ3v) is 3.66. The van der Waals surface area contributed by atoms with Gasteiger partial charge in [-0.1, -0.05) is 22.4 Å². The normalized spacial score (nSPS) is 20.6. The van der Waals surface area contributed by atoms with Crippen molar-refractivity contribution in [2.45, 2.75) is 31.8 Å². The molecule has 0 saturated carbocycles. The summed E-state index contributed by atoms with van der Waals surface area (Å²) in [5, 5.41) is 10.1. The van der Waals surface area contributed by atoms with Crippen LogP contribution in [0.3, 0.4) is 0 Å². The molecule has 0 amide bonds. The maximum absolute atomic E-state index is 10.1. The van der Waals surface area contributed by atoms with E-state index in [1.54, 1.807) is 7.11 Å². The second-order valence-electron chi connectivity index (χ2n) is 3.90. The predicted octanol–water partition coefficient (Wildman–Crippen LogP) is 3.22. The van der Waals surface area contributed by atoms with Gasteiger partial charge in [-0.2, -0.15) is 0 Å². The van der Waals surface area contributed by atoms with Crippen LogP contribution in [0.25, 0.3) is 0 Å². The number of benzene rings is 1. The molecular weight excluding hydrogens is 256 g/mol. The van der Waals surface area contributed by atoms with E-state index >= 15 is 0 Å². The van der Waals surface area contributed by atoms with E-state index in [1.165, 1.54) is 0 Å². The molecule has 0 aliphatic heterocycles. The number of hydrogen-bond acceptors (Lipinski definition) is 2. The Labute approximate surface area is 98.4 Å². The molecule has 2 rings (SSSR count). The van der Waals surface area contributed by atoms with E-state index in [1.807, 2.05) is 12.1 Å². The largest absolute Gasteiger partial charge is 0.496 e. The van der Waals surface area contributed by atoms with Crippen LogP contribution in [0.5, 0.6) is 5.75 Å². The molecular formula is C12H15BrO2. The molecule has 0 bridgehead atoms. The number of methoxy groups -OCH3 is 1. The van der Waals surface area contributed by atoms with Gasteiger partial charge in [-0.3, -0.25) is 0 Å². The Balaban J connectivity index is 2.55. The Hall–Kier alpha value is -0.540. The highest BCUT2D eigenvalue weighted by Crippen LogP contribution is 2.38. The van der Waals surface area contributed by atoms with Crippen molar-refractivity contribution >= 4 is 15.9 Å². The first-order chi connectivity index (χ1) is 7.24. The van der Waals surface area contributed by atoms with Crippen LogP contribution in [0.15, 0.2) is 16.6 Å². The zero-order valence-electron chi connectivity index (χ0n) is 8.79. The molecule has 0 spiro atoms. The number of hydrogen-bond donors (Lipinski definition) is 1. The third kappa shape index (κ3) is 2.04. The summed E-state index contributed by atoms with van der Waals surface area (Å²) in [6, 6.07) is 3.91. The third-order valence-electron chi connectivity index (χ3n) is 2.97. The first kappa shape index (κ1) is 11.0.